The monoisotopic (exact) mass is 360 g/mol. The van der Waals surface area contributed by atoms with Crippen LogP contribution in [0.5, 0.6) is 0 Å². The SMILES string of the molecule is O=C(NCc1ccc(CN2CCCCC2)cc1)c1ccc(Cl)cc1F. The van der Waals surface area contributed by atoms with Crippen LogP contribution >= 0.6 is 11.6 Å². The van der Waals surface area contributed by atoms with Crippen LogP contribution in [0.25, 0.3) is 0 Å². The largest absolute Gasteiger partial charge is 0.348 e. The zero-order valence-electron chi connectivity index (χ0n) is 14.1. The molecule has 2 aromatic rings. The lowest BCUT2D eigenvalue weighted by Crippen LogP contribution is -2.29. The lowest BCUT2D eigenvalue weighted by atomic mass is 10.1. The number of benzene rings is 2. The van der Waals surface area contributed by atoms with Crippen LogP contribution in [0.15, 0.2) is 42.5 Å². The molecule has 0 saturated carbocycles. The smallest absolute Gasteiger partial charge is 0.254 e. The van der Waals surface area contributed by atoms with Gasteiger partial charge in [-0.1, -0.05) is 42.3 Å². The minimum absolute atomic E-state index is 0.00567. The minimum atomic E-state index is -0.609. The van der Waals surface area contributed by atoms with Crippen molar-refractivity contribution in [2.45, 2.75) is 32.4 Å². The summed E-state index contributed by atoms with van der Waals surface area (Å²) in [6.45, 7) is 3.68. The highest BCUT2D eigenvalue weighted by molar-refractivity contribution is 6.30. The Hall–Kier alpha value is -1.91. The maximum absolute atomic E-state index is 13.8. The molecule has 1 fully saturated rings. The quantitative estimate of drug-likeness (QED) is 0.857. The van der Waals surface area contributed by atoms with Crippen LogP contribution in [0.1, 0.15) is 40.7 Å². The number of amides is 1. The fourth-order valence-electron chi connectivity index (χ4n) is 3.09. The van der Waals surface area contributed by atoms with E-state index in [1.54, 1.807) is 0 Å². The van der Waals surface area contributed by atoms with Gasteiger partial charge in [-0.15, -0.1) is 0 Å². The van der Waals surface area contributed by atoms with Gasteiger partial charge in [0.25, 0.3) is 5.91 Å². The van der Waals surface area contributed by atoms with E-state index in [4.69, 9.17) is 11.6 Å². The minimum Gasteiger partial charge on any atom is -0.348 e. The molecule has 1 aliphatic rings. The predicted octanol–water partition coefficient (Wildman–Crippen LogP) is 4.40. The Bertz CT molecular complexity index is 727. The van der Waals surface area contributed by atoms with E-state index in [1.165, 1.54) is 50.0 Å². The summed E-state index contributed by atoms with van der Waals surface area (Å²) in [6, 6.07) is 12.3. The Kier molecular flexibility index (Phi) is 6.05. The number of likely N-dealkylation sites (tertiary alicyclic amines) is 1. The maximum Gasteiger partial charge on any atom is 0.254 e. The summed E-state index contributed by atoms with van der Waals surface area (Å²) < 4.78 is 13.8. The summed E-state index contributed by atoms with van der Waals surface area (Å²) >= 11 is 5.70. The van der Waals surface area contributed by atoms with E-state index in [-0.39, 0.29) is 10.6 Å². The Morgan fingerprint density at radius 1 is 1.04 bits per heavy atom. The molecule has 3 nitrogen and oxygen atoms in total. The van der Waals surface area contributed by atoms with Gasteiger partial charge in [0.05, 0.1) is 5.56 Å². The standard InChI is InChI=1S/C20H22ClFN2O/c21-17-8-9-18(19(22)12-17)20(25)23-13-15-4-6-16(7-5-15)14-24-10-2-1-3-11-24/h4-9,12H,1-3,10-11,13-14H2,(H,23,25). The van der Waals surface area contributed by atoms with Crippen molar-refractivity contribution in [1.29, 1.82) is 0 Å². The van der Waals surface area contributed by atoms with Gasteiger partial charge in [-0.3, -0.25) is 9.69 Å². The highest BCUT2D eigenvalue weighted by Crippen LogP contribution is 2.15. The Morgan fingerprint density at radius 3 is 2.40 bits per heavy atom. The van der Waals surface area contributed by atoms with Crippen molar-refractivity contribution in [2.24, 2.45) is 0 Å². The van der Waals surface area contributed by atoms with Crippen LogP contribution in [-0.4, -0.2) is 23.9 Å². The second-order valence-corrected chi connectivity index (χ2v) is 6.90. The van der Waals surface area contributed by atoms with E-state index in [1.807, 2.05) is 12.1 Å². The van der Waals surface area contributed by atoms with E-state index in [0.717, 1.165) is 18.2 Å². The molecule has 0 bridgehead atoms. The molecule has 3 rings (SSSR count). The lowest BCUT2D eigenvalue weighted by molar-refractivity contribution is 0.0947. The number of carbonyl (C=O) groups excluding carboxylic acids is 1. The van der Waals surface area contributed by atoms with Gasteiger partial charge in [0.15, 0.2) is 0 Å². The van der Waals surface area contributed by atoms with Crippen LogP contribution in [0.2, 0.25) is 5.02 Å². The van der Waals surface area contributed by atoms with Crippen LogP contribution in [0.3, 0.4) is 0 Å². The van der Waals surface area contributed by atoms with Gasteiger partial charge in [0.1, 0.15) is 5.82 Å². The second-order valence-electron chi connectivity index (χ2n) is 6.46. The number of rotatable bonds is 5. The molecule has 1 aliphatic heterocycles. The topological polar surface area (TPSA) is 32.3 Å². The summed E-state index contributed by atoms with van der Waals surface area (Å²) in [4.78, 5) is 14.6. The Labute approximate surface area is 152 Å². The molecule has 5 heteroatoms. The van der Waals surface area contributed by atoms with E-state index in [2.05, 4.69) is 22.3 Å². The van der Waals surface area contributed by atoms with Gasteiger partial charge in [-0.25, -0.2) is 4.39 Å². The third-order valence-corrected chi connectivity index (χ3v) is 4.74. The zero-order chi connectivity index (χ0) is 17.6. The van der Waals surface area contributed by atoms with E-state index < -0.39 is 11.7 Å². The fourth-order valence-corrected chi connectivity index (χ4v) is 3.25. The summed E-state index contributed by atoms with van der Waals surface area (Å²) in [5.74, 6) is -1.05. The molecular formula is C20H22ClFN2O. The number of carbonyl (C=O) groups is 1. The number of nitrogens with zero attached hydrogens (tertiary/aromatic N) is 1. The van der Waals surface area contributed by atoms with Crippen molar-refractivity contribution in [3.63, 3.8) is 0 Å². The lowest BCUT2D eigenvalue weighted by Gasteiger charge is -2.26. The predicted molar refractivity (Wildman–Crippen MR) is 98.2 cm³/mol. The normalized spacial score (nSPS) is 15.1. The Balaban J connectivity index is 1.53. The molecule has 2 aromatic carbocycles. The van der Waals surface area contributed by atoms with Gasteiger partial charge >= 0.3 is 0 Å². The third-order valence-electron chi connectivity index (χ3n) is 4.51. The van der Waals surface area contributed by atoms with Crippen LogP contribution < -0.4 is 5.32 Å². The molecule has 0 spiro atoms. The molecule has 0 aliphatic carbocycles. The molecule has 0 atom stereocenters. The summed E-state index contributed by atoms with van der Waals surface area (Å²) in [6.07, 6.45) is 3.90. The second kappa shape index (κ2) is 8.45. The van der Waals surface area contributed by atoms with E-state index in [0.29, 0.717) is 6.54 Å². The molecule has 25 heavy (non-hydrogen) atoms. The van der Waals surface area contributed by atoms with Crippen molar-refractivity contribution < 1.29 is 9.18 Å². The van der Waals surface area contributed by atoms with Gasteiger partial charge in [0, 0.05) is 18.1 Å². The third kappa shape index (κ3) is 5.03. The molecule has 1 saturated heterocycles. The summed E-state index contributed by atoms with van der Waals surface area (Å²) in [5, 5.41) is 3.02. The number of halogens is 2. The molecule has 0 unspecified atom stereocenters. The first-order valence-electron chi connectivity index (χ1n) is 8.65. The molecule has 132 valence electrons. The average Bonchev–Trinajstić information content (AvgIpc) is 2.62. The molecule has 0 radical (unpaired) electrons. The number of nitrogens with one attached hydrogen (secondary N) is 1. The first kappa shape index (κ1) is 17.9. The van der Waals surface area contributed by atoms with Crippen molar-refractivity contribution in [3.8, 4) is 0 Å². The highest BCUT2D eigenvalue weighted by Gasteiger charge is 2.12. The molecule has 0 aromatic heterocycles. The number of hydrogen-bond acceptors (Lipinski definition) is 2. The van der Waals surface area contributed by atoms with Crippen LogP contribution in [-0.2, 0) is 13.1 Å². The van der Waals surface area contributed by atoms with Crippen molar-refractivity contribution in [2.75, 3.05) is 13.1 Å². The number of piperidine rings is 1. The first-order valence-corrected chi connectivity index (χ1v) is 9.03. The van der Waals surface area contributed by atoms with Crippen molar-refractivity contribution in [3.05, 3.63) is 70.0 Å². The molecule has 1 heterocycles. The van der Waals surface area contributed by atoms with Crippen LogP contribution in [0.4, 0.5) is 4.39 Å². The van der Waals surface area contributed by atoms with E-state index >= 15 is 0 Å². The average molecular weight is 361 g/mol. The van der Waals surface area contributed by atoms with Gasteiger partial charge in [0.2, 0.25) is 0 Å². The maximum atomic E-state index is 13.8. The van der Waals surface area contributed by atoms with E-state index in [9.17, 15) is 9.18 Å². The molecule has 1 amide bonds. The Morgan fingerprint density at radius 2 is 1.72 bits per heavy atom. The first-order chi connectivity index (χ1) is 12.1. The van der Waals surface area contributed by atoms with Gasteiger partial charge in [-0.05, 0) is 55.3 Å². The summed E-state index contributed by atoms with van der Waals surface area (Å²) in [7, 11) is 0. The molecular weight excluding hydrogens is 339 g/mol. The van der Waals surface area contributed by atoms with Crippen molar-refractivity contribution >= 4 is 17.5 Å². The number of hydrogen-bond donors (Lipinski definition) is 1. The van der Waals surface area contributed by atoms with Crippen molar-refractivity contribution in [1.82, 2.24) is 10.2 Å². The highest BCUT2D eigenvalue weighted by atomic mass is 35.5. The molecule has 1 N–H and O–H groups in total. The van der Waals surface area contributed by atoms with Crippen LogP contribution in [0, 0.1) is 5.82 Å². The zero-order valence-corrected chi connectivity index (χ0v) is 14.9. The summed E-state index contributed by atoms with van der Waals surface area (Å²) in [5.41, 5.74) is 2.27. The van der Waals surface area contributed by atoms with Gasteiger partial charge in [-0.2, -0.15) is 0 Å². The van der Waals surface area contributed by atoms with Gasteiger partial charge < -0.3 is 5.32 Å². The fraction of sp³-hybridized carbons (Fsp3) is 0.350.